The van der Waals surface area contributed by atoms with Crippen molar-refractivity contribution in [1.29, 1.82) is 0 Å². The second-order valence-electron chi connectivity index (χ2n) is 4.18. The van der Waals surface area contributed by atoms with Crippen LogP contribution in [-0.4, -0.2) is 5.75 Å². The van der Waals surface area contributed by atoms with Crippen molar-refractivity contribution in [2.45, 2.75) is 22.6 Å². The molecule has 0 fully saturated rings. The summed E-state index contributed by atoms with van der Waals surface area (Å²) in [6.07, 6.45) is 2.41. The number of thioether (sulfide) groups is 1. The molecule has 0 aromatic heterocycles. The first-order chi connectivity index (χ1) is 8.86. The molecular formula is C16H17BrS. The Bertz CT molecular complexity index is 441. The van der Waals surface area contributed by atoms with Gasteiger partial charge in [-0.2, -0.15) is 0 Å². The zero-order valence-corrected chi connectivity index (χ0v) is 12.7. The number of benzene rings is 2. The first-order valence-corrected chi connectivity index (χ1v) is 8.13. The molecule has 2 rings (SSSR count). The third-order valence-electron chi connectivity index (χ3n) is 2.78. The molecule has 0 heterocycles. The Balaban J connectivity index is 1.70. The van der Waals surface area contributed by atoms with Crippen molar-refractivity contribution in [3.8, 4) is 0 Å². The van der Waals surface area contributed by atoms with Crippen LogP contribution < -0.4 is 0 Å². The second kappa shape index (κ2) is 7.65. The fraction of sp³-hybridized carbons (Fsp3) is 0.250. The van der Waals surface area contributed by atoms with E-state index in [0.29, 0.717) is 4.83 Å². The molecule has 0 aliphatic carbocycles. The second-order valence-corrected chi connectivity index (χ2v) is 6.46. The molecule has 0 aliphatic rings. The van der Waals surface area contributed by atoms with Gasteiger partial charge in [0.25, 0.3) is 0 Å². The van der Waals surface area contributed by atoms with Gasteiger partial charge in [-0.3, -0.25) is 0 Å². The molecule has 0 amide bonds. The molecule has 0 saturated heterocycles. The molecule has 2 heteroatoms. The SMILES string of the molecule is BrC(CCCSc1ccccc1)c1ccccc1. The van der Waals surface area contributed by atoms with Crippen molar-refractivity contribution < 1.29 is 0 Å². The summed E-state index contributed by atoms with van der Waals surface area (Å²) in [5.74, 6) is 1.18. The van der Waals surface area contributed by atoms with E-state index in [9.17, 15) is 0 Å². The van der Waals surface area contributed by atoms with E-state index in [1.165, 1.54) is 29.1 Å². The predicted molar refractivity (Wildman–Crippen MR) is 84.5 cm³/mol. The molecule has 1 unspecified atom stereocenters. The van der Waals surface area contributed by atoms with E-state index in [4.69, 9.17) is 0 Å². The molecule has 94 valence electrons. The van der Waals surface area contributed by atoms with Crippen molar-refractivity contribution in [2.75, 3.05) is 5.75 Å². The van der Waals surface area contributed by atoms with Crippen LogP contribution in [0.2, 0.25) is 0 Å². The Morgan fingerprint density at radius 3 is 2.17 bits per heavy atom. The summed E-state index contributed by atoms with van der Waals surface area (Å²) >= 11 is 5.70. The van der Waals surface area contributed by atoms with Crippen molar-refractivity contribution >= 4 is 27.7 Å². The van der Waals surface area contributed by atoms with Gasteiger partial charge in [0.1, 0.15) is 0 Å². The Labute approximate surface area is 122 Å². The maximum absolute atomic E-state index is 3.76. The summed E-state index contributed by atoms with van der Waals surface area (Å²) in [4.78, 5) is 1.85. The van der Waals surface area contributed by atoms with Crippen molar-refractivity contribution in [1.82, 2.24) is 0 Å². The van der Waals surface area contributed by atoms with Crippen LogP contribution in [0.5, 0.6) is 0 Å². The standard InChI is InChI=1S/C16H17BrS/c17-16(14-8-3-1-4-9-14)12-7-13-18-15-10-5-2-6-11-15/h1-6,8-11,16H,7,12-13H2. The molecule has 0 spiro atoms. The van der Waals surface area contributed by atoms with Gasteiger partial charge < -0.3 is 0 Å². The summed E-state index contributed by atoms with van der Waals surface area (Å²) in [7, 11) is 0. The third kappa shape index (κ3) is 4.51. The average molecular weight is 321 g/mol. The number of alkyl halides is 1. The van der Waals surface area contributed by atoms with Crippen LogP contribution in [0, 0.1) is 0 Å². The van der Waals surface area contributed by atoms with Crippen LogP contribution in [0.3, 0.4) is 0 Å². The van der Waals surface area contributed by atoms with Gasteiger partial charge in [0.05, 0.1) is 0 Å². The predicted octanol–water partition coefficient (Wildman–Crippen LogP) is 5.70. The lowest BCUT2D eigenvalue weighted by atomic mass is 10.1. The fourth-order valence-corrected chi connectivity index (χ4v) is 3.32. The summed E-state index contributed by atoms with van der Waals surface area (Å²) < 4.78 is 0. The van der Waals surface area contributed by atoms with Gasteiger partial charge in [0.15, 0.2) is 0 Å². The van der Waals surface area contributed by atoms with Gasteiger partial charge in [-0.05, 0) is 36.3 Å². The largest absolute Gasteiger partial charge is 0.126 e. The molecule has 2 aromatic rings. The van der Waals surface area contributed by atoms with Gasteiger partial charge >= 0.3 is 0 Å². The van der Waals surface area contributed by atoms with Crippen LogP contribution in [0.1, 0.15) is 23.2 Å². The van der Waals surface area contributed by atoms with E-state index >= 15 is 0 Å². The molecule has 1 atom stereocenters. The summed E-state index contributed by atoms with van der Waals surface area (Å²) in [6, 6.07) is 21.2. The van der Waals surface area contributed by atoms with E-state index in [1.54, 1.807) is 0 Å². The van der Waals surface area contributed by atoms with E-state index in [1.807, 2.05) is 11.8 Å². The van der Waals surface area contributed by atoms with Crippen molar-refractivity contribution in [3.63, 3.8) is 0 Å². The van der Waals surface area contributed by atoms with Crippen LogP contribution >= 0.6 is 27.7 Å². The molecule has 2 aromatic carbocycles. The molecule has 0 aliphatic heterocycles. The van der Waals surface area contributed by atoms with Gasteiger partial charge in [-0.1, -0.05) is 64.5 Å². The Morgan fingerprint density at radius 2 is 1.50 bits per heavy atom. The molecular weight excluding hydrogens is 304 g/mol. The zero-order chi connectivity index (χ0) is 12.6. The van der Waals surface area contributed by atoms with Crippen molar-refractivity contribution in [2.24, 2.45) is 0 Å². The lowest BCUT2D eigenvalue weighted by molar-refractivity contribution is 0.795. The van der Waals surface area contributed by atoms with Crippen molar-refractivity contribution in [3.05, 3.63) is 66.2 Å². The third-order valence-corrected chi connectivity index (χ3v) is 4.86. The van der Waals surface area contributed by atoms with E-state index < -0.39 is 0 Å². The molecule has 0 bridgehead atoms. The first kappa shape index (κ1) is 13.7. The normalized spacial score (nSPS) is 12.3. The monoisotopic (exact) mass is 320 g/mol. The number of hydrogen-bond donors (Lipinski definition) is 0. The zero-order valence-electron chi connectivity index (χ0n) is 10.3. The van der Waals surface area contributed by atoms with E-state index in [-0.39, 0.29) is 0 Å². The smallest absolute Gasteiger partial charge is 0.0395 e. The summed E-state index contributed by atoms with van der Waals surface area (Å²) in [6.45, 7) is 0. The number of hydrogen-bond acceptors (Lipinski definition) is 1. The quantitative estimate of drug-likeness (QED) is 0.374. The minimum Gasteiger partial charge on any atom is -0.126 e. The highest BCUT2D eigenvalue weighted by Crippen LogP contribution is 2.29. The van der Waals surface area contributed by atoms with Crippen LogP contribution in [0.15, 0.2) is 65.6 Å². The first-order valence-electron chi connectivity index (χ1n) is 6.23. The molecule has 0 N–H and O–H groups in total. The summed E-state index contributed by atoms with van der Waals surface area (Å²) in [5, 5.41) is 0. The molecule has 0 nitrogen and oxygen atoms in total. The van der Waals surface area contributed by atoms with Gasteiger partial charge in [0.2, 0.25) is 0 Å². The van der Waals surface area contributed by atoms with Crippen LogP contribution in [-0.2, 0) is 0 Å². The van der Waals surface area contributed by atoms with E-state index in [2.05, 4.69) is 76.6 Å². The van der Waals surface area contributed by atoms with Gasteiger partial charge in [0, 0.05) is 9.72 Å². The minimum atomic E-state index is 0.482. The number of rotatable bonds is 6. The molecule has 18 heavy (non-hydrogen) atoms. The van der Waals surface area contributed by atoms with Gasteiger partial charge in [-0.15, -0.1) is 11.8 Å². The maximum atomic E-state index is 3.76. The Hall–Kier alpha value is -0.730. The van der Waals surface area contributed by atoms with Gasteiger partial charge in [-0.25, -0.2) is 0 Å². The lowest BCUT2D eigenvalue weighted by Crippen LogP contribution is -1.91. The highest BCUT2D eigenvalue weighted by molar-refractivity contribution is 9.09. The minimum absolute atomic E-state index is 0.482. The highest BCUT2D eigenvalue weighted by atomic mass is 79.9. The number of halogens is 1. The fourth-order valence-electron chi connectivity index (χ4n) is 1.80. The Morgan fingerprint density at radius 1 is 0.889 bits per heavy atom. The molecule has 0 radical (unpaired) electrons. The maximum Gasteiger partial charge on any atom is 0.0395 e. The van der Waals surface area contributed by atoms with Crippen LogP contribution in [0.4, 0.5) is 0 Å². The molecule has 0 saturated carbocycles. The average Bonchev–Trinajstić information content (AvgIpc) is 2.45. The topological polar surface area (TPSA) is 0 Å². The highest BCUT2D eigenvalue weighted by Gasteiger charge is 2.06. The van der Waals surface area contributed by atoms with Crippen LogP contribution in [0.25, 0.3) is 0 Å². The lowest BCUT2D eigenvalue weighted by Gasteiger charge is -2.09. The van der Waals surface area contributed by atoms with E-state index in [0.717, 1.165) is 0 Å². The summed E-state index contributed by atoms with van der Waals surface area (Å²) in [5.41, 5.74) is 1.38. The Kier molecular flexibility index (Phi) is 5.82.